The minimum absolute atomic E-state index is 0.543. The van der Waals surface area contributed by atoms with Gasteiger partial charge in [0.2, 0.25) is 0 Å². The highest BCUT2D eigenvalue weighted by Crippen LogP contribution is 2.21. The van der Waals surface area contributed by atoms with Crippen LogP contribution in [0.5, 0.6) is 0 Å². The molecule has 1 aliphatic heterocycles. The Morgan fingerprint density at radius 3 is 2.72 bits per heavy atom. The highest BCUT2D eigenvalue weighted by Gasteiger charge is 2.24. The van der Waals surface area contributed by atoms with Gasteiger partial charge in [0.15, 0.2) is 0 Å². The zero-order valence-electron chi connectivity index (χ0n) is 17.9. The van der Waals surface area contributed by atoms with Crippen LogP contribution >= 0.6 is 9.24 Å². The van der Waals surface area contributed by atoms with Gasteiger partial charge in [0, 0.05) is 38.1 Å². The molecule has 2 heterocycles. The smallest absolute Gasteiger partial charge is 0.0958 e. The van der Waals surface area contributed by atoms with Gasteiger partial charge in [0.25, 0.3) is 0 Å². The summed E-state index contributed by atoms with van der Waals surface area (Å²) in [4.78, 5) is 11.4. The predicted octanol–water partition coefficient (Wildman–Crippen LogP) is 3.27. The Labute approximate surface area is 176 Å². The lowest BCUT2D eigenvalue weighted by Crippen LogP contribution is -2.31. The summed E-state index contributed by atoms with van der Waals surface area (Å²) >= 11 is 0. The number of aromatic nitrogens is 2. The zero-order chi connectivity index (χ0) is 20.8. The van der Waals surface area contributed by atoms with Gasteiger partial charge >= 0.3 is 0 Å². The van der Waals surface area contributed by atoms with Gasteiger partial charge in [-0.05, 0) is 63.3 Å². The Bertz CT molecular complexity index is 943. The molecule has 1 aromatic heterocycles. The van der Waals surface area contributed by atoms with Crippen LogP contribution in [0.4, 0.5) is 0 Å². The first-order valence-corrected chi connectivity index (χ1v) is 10.8. The van der Waals surface area contributed by atoms with Gasteiger partial charge in [-0.15, -0.1) is 9.24 Å². The van der Waals surface area contributed by atoms with Crippen molar-refractivity contribution in [2.75, 3.05) is 20.1 Å². The molecule has 2 unspecified atom stereocenters. The molecule has 2 atom stereocenters. The van der Waals surface area contributed by atoms with Crippen LogP contribution in [0.3, 0.4) is 0 Å². The van der Waals surface area contributed by atoms with E-state index in [-0.39, 0.29) is 0 Å². The molecule has 6 heteroatoms. The van der Waals surface area contributed by atoms with E-state index in [1.165, 1.54) is 23.3 Å². The van der Waals surface area contributed by atoms with Gasteiger partial charge in [-0.25, -0.2) is 0 Å². The molecule has 2 aromatic rings. The molecule has 5 nitrogen and oxygen atoms in total. The summed E-state index contributed by atoms with van der Waals surface area (Å²) in [7, 11) is 4.83. The molecule has 29 heavy (non-hydrogen) atoms. The van der Waals surface area contributed by atoms with Crippen molar-refractivity contribution < 1.29 is 0 Å². The first-order valence-electron chi connectivity index (χ1n) is 10.2. The van der Waals surface area contributed by atoms with Gasteiger partial charge in [-0.3, -0.25) is 9.97 Å². The standard InChI is InChI=1S/C23H32N5P/c1-5-19(21(7-6-16(2)3)28-11-8-18(15-28)24-4)27-14-17-12-20-23(22(29)13-17)26-10-9-25-20/h5-7,9-10,12-13,18,24,27H,8,11,14-15,29H2,1-4H3/b19-5+,21-7+. The SMILES string of the molecule is C/C=C(NCc1cc(P)c2nccnc2c1)\C(=C/C=C(C)C)N1CCC(NC)C1. The Hall–Kier alpha value is -2.23. The van der Waals surface area contributed by atoms with Gasteiger partial charge < -0.3 is 15.5 Å². The minimum Gasteiger partial charge on any atom is -0.380 e. The summed E-state index contributed by atoms with van der Waals surface area (Å²) in [6.45, 7) is 9.19. The maximum absolute atomic E-state index is 4.46. The molecule has 3 rings (SSSR count). The van der Waals surface area contributed by atoms with Crippen LogP contribution in [0.25, 0.3) is 11.0 Å². The highest BCUT2D eigenvalue weighted by molar-refractivity contribution is 7.28. The normalized spacial score (nSPS) is 17.7. The largest absolute Gasteiger partial charge is 0.380 e. The van der Waals surface area contributed by atoms with Crippen molar-refractivity contribution in [2.24, 2.45) is 0 Å². The Kier molecular flexibility index (Phi) is 7.40. The predicted molar refractivity (Wildman–Crippen MR) is 126 cm³/mol. The monoisotopic (exact) mass is 409 g/mol. The molecule has 154 valence electrons. The molecule has 0 saturated carbocycles. The van der Waals surface area contributed by atoms with Crippen LogP contribution in [0.2, 0.25) is 0 Å². The average Bonchev–Trinajstić information content (AvgIpc) is 3.19. The van der Waals surface area contributed by atoms with Crippen LogP contribution in [-0.4, -0.2) is 41.0 Å². The fraction of sp³-hybridized carbons (Fsp3) is 0.391. The van der Waals surface area contributed by atoms with Crippen LogP contribution in [0.15, 0.2) is 59.7 Å². The Balaban J connectivity index is 1.81. The fourth-order valence-electron chi connectivity index (χ4n) is 3.63. The number of likely N-dealkylation sites (tertiary alicyclic amines) is 1. The molecule has 1 aliphatic rings. The third kappa shape index (κ3) is 5.43. The van der Waals surface area contributed by atoms with Crippen molar-refractivity contribution in [3.05, 3.63) is 65.3 Å². The topological polar surface area (TPSA) is 53.1 Å². The number of nitrogens with one attached hydrogen (secondary N) is 2. The molecular weight excluding hydrogens is 377 g/mol. The summed E-state index contributed by atoms with van der Waals surface area (Å²) in [6, 6.07) is 4.82. The first kappa shape index (κ1) is 21.5. The van der Waals surface area contributed by atoms with E-state index in [1.54, 1.807) is 12.4 Å². The van der Waals surface area contributed by atoms with E-state index in [0.29, 0.717) is 6.04 Å². The minimum atomic E-state index is 0.543. The highest BCUT2D eigenvalue weighted by atomic mass is 31.0. The molecule has 1 saturated heterocycles. The van der Waals surface area contributed by atoms with Gasteiger partial charge in [-0.2, -0.15) is 0 Å². The molecule has 0 aliphatic carbocycles. The summed E-state index contributed by atoms with van der Waals surface area (Å²) in [6.07, 6.45) is 11.2. The van der Waals surface area contributed by atoms with E-state index < -0.39 is 0 Å². The Morgan fingerprint density at radius 1 is 1.24 bits per heavy atom. The second-order valence-corrected chi connectivity index (χ2v) is 8.30. The third-order valence-corrected chi connectivity index (χ3v) is 5.66. The lowest BCUT2D eigenvalue weighted by Gasteiger charge is -2.25. The molecule has 2 N–H and O–H groups in total. The van der Waals surface area contributed by atoms with Gasteiger partial charge in [0.05, 0.1) is 22.4 Å². The quantitative estimate of drug-likeness (QED) is 0.543. The maximum atomic E-state index is 4.46. The summed E-state index contributed by atoms with van der Waals surface area (Å²) < 4.78 is 0. The van der Waals surface area contributed by atoms with Crippen LogP contribution in [0, 0.1) is 0 Å². The van der Waals surface area contributed by atoms with E-state index in [2.05, 4.69) is 85.9 Å². The van der Waals surface area contributed by atoms with E-state index in [9.17, 15) is 0 Å². The second kappa shape index (κ2) is 10.00. The van der Waals surface area contributed by atoms with E-state index >= 15 is 0 Å². The number of benzene rings is 1. The van der Waals surface area contributed by atoms with Crippen molar-refractivity contribution >= 4 is 25.6 Å². The summed E-state index contributed by atoms with van der Waals surface area (Å²) in [5, 5.41) is 8.14. The number of likely N-dealkylation sites (N-methyl/N-ethyl adjacent to an activating group) is 1. The second-order valence-electron chi connectivity index (χ2n) is 7.68. The van der Waals surface area contributed by atoms with Crippen molar-refractivity contribution in [2.45, 2.75) is 39.8 Å². The summed E-state index contributed by atoms with van der Waals surface area (Å²) in [5.41, 5.74) is 6.76. The van der Waals surface area contributed by atoms with Crippen molar-refractivity contribution in [1.82, 2.24) is 25.5 Å². The molecule has 1 fully saturated rings. The van der Waals surface area contributed by atoms with Crippen molar-refractivity contribution in [3.8, 4) is 0 Å². The molecule has 0 bridgehead atoms. The van der Waals surface area contributed by atoms with Gasteiger partial charge in [0.1, 0.15) is 0 Å². The number of allylic oxidation sites excluding steroid dienone is 4. The fourth-order valence-corrected chi connectivity index (χ4v) is 4.06. The van der Waals surface area contributed by atoms with E-state index in [1.807, 2.05) is 7.05 Å². The van der Waals surface area contributed by atoms with E-state index in [0.717, 1.165) is 41.7 Å². The van der Waals surface area contributed by atoms with Crippen LogP contribution in [0.1, 0.15) is 32.8 Å². The Morgan fingerprint density at radius 2 is 2.03 bits per heavy atom. The van der Waals surface area contributed by atoms with Crippen molar-refractivity contribution in [3.63, 3.8) is 0 Å². The lowest BCUT2D eigenvalue weighted by molar-refractivity contribution is 0.412. The van der Waals surface area contributed by atoms with E-state index in [4.69, 9.17) is 0 Å². The number of hydrogen-bond donors (Lipinski definition) is 2. The third-order valence-electron chi connectivity index (χ3n) is 5.22. The molecule has 0 spiro atoms. The van der Waals surface area contributed by atoms with Gasteiger partial charge in [-0.1, -0.05) is 17.7 Å². The lowest BCUT2D eigenvalue weighted by atomic mass is 10.1. The summed E-state index contributed by atoms with van der Waals surface area (Å²) in [5.74, 6) is 0. The number of fused-ring (bicyclic) bond motifs is 1. The first-order chi connectivity index (χ1) is 14.0. The van der Waals surface area contributed by atoms with Crippen molar-refractivity contribution in [1.29, 1.82) is 0 Å². The zero-order valence-corrected chi connectivity index (χ0v) is 19.0. The molecular formula is C23H32N5P. The number of nitrogens with zero attached hydrogens (tertiary/aromatic N) is 3. The maximum Gasteiger partial charge on any atom is 0.0958 e. The van der Waals surface area contributed by atoms with Crippen LogP contribution < -0.4 is 15.9 Å². The average molecular weight is 410 g/mol. The van der Waals surface area contributed by atoms with Crippen LogP contribution in [-0.2, 0) is 6.54 Å². The molecule has 0 radical (unpaired) electrons. The molecule has 0 amide bonds. The number of rotatable bonds is 7. The number of hydrogen-bond acceptors (Lipinski definition) is 5. The molecule has 1 aromatic carbocycles.